The Balaban J connectivity index is 1.98. The number of rotatable bonds is 7. The molecule has 0 spiro atoms. The van der Waals surface area contributed by atoms with Gasteiger partial charge in [-0.15, -0.1) is 5.10 Å². The number of unbranched alkanes of at least 4 members (excludes halogenated alkanes) is 2. The topological polar surface area (TPSA) is 107 Å². The summed E-state index contributed by atoms with van der Waals surface area (Å²) >= 11 is 0. The van der Waals surface area contributed by atoms with E-state index in [9.17, 15) is 4.79 Å². The number of aliphatic carboxylic acids is 1. The first-order valence-electron chi connectivity index (χ1n) is 6.92. The Bertz CT molecular complexity index is 624. The minimum atomic E-state index is -0.756. The highest BCUT2D eigenvalue weighted by atomic mass is 16.4. The fraction of sp³-hybridized carbons (Fsp3) is 0.429. The average Bonchev–Trinajstić information content (AvgIpc) is 2.89. The summed E-state index contributed by atoms with van der Waals surface area (Å²) < 4.78 is 1.73. The highest BCUT2D eigenvalue weighted by Gasteiger charge is 2.09. The summed E-state index contributed by atoms with van der Waals surface area (Å²) in [6.45, 7) is 2.61. The van der Waals surface area contributed by atoms with E-state index in [1.165, 1.54) is 0 Å². The quantitative estimate of drug-likeness (QED) is 0.595. The Morgan fingerprint density at radius 1 is 1.33 bits per heavy atom. The van der Waals surface area contributed by atoms with Crippen LogP contribution in [0.5, 0.6) is 0 Å². The normalized spacial score (nSPS) is 10.7. The van der Waals surface area contributed by atoms with Gasteiger partial charge in [0.25, 0.3) is 0 Å². The Labute approximate surface area is 122 Å². The van der Waals surface area contributed by atoms with Gasteiger partial charge in [0, 0.05) is 24.2 Å². The highest BCUT2D eigenvalue weighted by Crippen LogP contribution is 2.21. The second kappa shape index (κ2) is 6.83. The molecular formula is C14H19N5O2. The lowest BCUT2D eigenvalue weighted by Gasteiger charge is -2.06. The Hall–Kier alpha value is -2.44. The summed E-state index contributed by atoms with van der Waals surface area (Å²) in [4.78, 5) is 10.4. The molecule has 0 bridgehead atoms. The third-order valence-corrected chi connectivity index (χ3v) is 3.33. The molecule has 3 N–H and O–H groups in total. The van der Waals surface area contributed by atoms with Crippen LogP contribution < -0.4 is 5.73 Å². The fourth-order valence-electron chi connectivity index (χ4n) is 2.06. The van der Waals surface area contributed by atoms with Crippen molar-refractivity contribution >= 4 is 11.7 Å². The largest absolute Gasteiger partial charge is 0.481 e. The maximum Gasteiger partial charge on any atom is 0.303 e. The Morgan fingerprint density at radius 2 is 2.14 bits per heavy atom. The number of aromatic nitrogens is 4. The van der Waals surface area contributed by atoms with Crippen LogP contribution in [0.15, 0.2) is 18.2 Å². The standard InChI is InChI=1S/C14H19N5O2/c1-10-6-7-11(9-12(10)15)14-16-17-18-19(14)8-4-2-3-5-13(20)21/h6-7,9H,2-5,8,15H2,1H3,(H,20,21). The van der Waals surface area contributed by atoms with Gasteiger partial charge in [-0.2, -0.15) is 0 Å². The van der Waals surface area contributed by atoms with Crippen LogP contribution in [0, 0.1) is 6.92 Å². The monoisotopic (exact) mass is 289 g/mol. The lowest BCUT2D eigenvalue weighted by Crippen LogP contribution is -2.04. The van der Waals surface area contributed by atoms with Crippen LogP contribution in [0.2, 0.25) is 0 Å². The molecule has 1 aromatic carbocycles. The fourth-order valence-corrected chi connectivity index (χ4v) is 2.06. The molecule has 21 heavy (non-hydrogen) atoms. The zero-order chi connectivity index (χ0) is 15.2. The summed E-state index contributed by atoms with van der Waals surface area (Å²) in [6, 6.07) is 5.75. The number of aryl methyl sites for hydroxylation is 2. The lowest BCUT2D eigenvalue weighted by molar-refractivity contribution is -0.137. The van der Waals surface area contributed by atoms with Gasteiger partial charge in [-0.25, -0.2) is 4.68 Å². The summed E-state index contributed by atoms with van der Waals surface area (Å²) in [6.07, 6.45) is 2.55. The van der Waals surface area contributed by atoms with Gasteiger partial charge in [-0.1, -0.05) is 18.6 Å². The van der Waals surface area contributed by atoms with Crippen molar-refractivity contribution in [3.05, 3.63) is 23.8 Å². The molecule has 0 amide bonds. The van der Waals surface area contributed by atoms with Crippen molar-refractivity contribution < 1.29 is 9.90 Å². The van der Waals surface area contributed by atoms with Gasteiger partial charge >= 0.3 is 5.97 Å². The van der Waals surface area contributed by atoms with E-state index in [1.807, 2.05) is 25.1 Å². The second-order valence-electron chi connectivity index (χ2n) is 5.00. The molecule has 0 saturated heterocycles. The van der Waals surface area contributed by atoms with Crippen molar-refractivity contribution in [3.8, 4) is 11.4 Å². The number of nitrogens with two attached hydrogens (primary N) is 1. The number of anilines is 1. The second-order valence-corrected chi connectivity index (χ2v) is 5.00. The van der Waals surface area contributed by atoms with Crippen LogP contribution in [0.4, 0.5) is 5.69 Å². The van der Waals surface area contributed by atoms with Crippen LogP contribution >= 0.6 is 0 Å². The van der Waals surface area contributed by atoms with Gasteiger partial charge in [0.1, 0.15) is 0 Å². The number of hydrogen-bond acceptors (Lipinski definition) is 5. The number of carboxylic acids is 1. The average molecular weight is 289 g/mol. The van der Waals surface area contributed by atoms with E-state index in [1.54, 1.807) is 4.68 Å². The minimum Gasteiger partial charge on any atom is -0.481 e. The van der Waals surface area contributed by atoms with E-state index in [0.717, 1.165) is 24.0 Å². The van der Waals surface area contributed by atoms with E-state index < -0.39 is 5.97 Å². The molecule has 7 heteroatoms. The van der Waals surface area contributed by atoms with Crippen LogP contribution in [-0.2, 0) is 11.3 Å². The number of nitrogen functional groups attached to an aromatic ring is 1. The molecule has 1 aromatic heterocycles. The molecule has 112 valence electrons. The van der Waals surface area contributed by atoms with Gasteiger partial charge in [0.2, 0.25) is 0 Å². The van der Waals surface area contributed by atoms with Gasteiger partial charge in [-0.05, 0) is 41.8 Å². The molecule has 7 nitrogen and oxygen atoms in total. The lowest BCUT2D eigenvalue weighted by atomic mass is 10.1. The number of tetrazole rings is 1. The zero-order valence-electron chi connectivity index (χ0n) is 12.0. The van der Waals surface area contributed by atoms with Crippen molar-refractivity contribution in [2.45, 2.75) is 39.2 Å². The molecule has 0 atom stereocenters. The molecule has 2 aromatic rings. The summed E-state index contributed by atoms with van der Waals surface area (Å²) in [5, 5.41) is 20.3. The van der Waals surface area contributed by atoms with Crippen LogP contribution in [0.3, 0.4) is 0 Å². The van der Waals surface area contributed by atoms with Crippen LogP contribution in [-0.4, -0.2) is 31.3 Å². The van der Waals surface area contributed by atoms with Crippen molar-refractivity contribution in [2.75, 3.05) is 5.73 Å². The molecule has 2 rings (SSSR count). The van der Waals surface area contributed by atoms with E-state index in [-0.39, 0.29) is 6.42 Å². The first-order chi connectivity index (χ1) is 10.1. The SMILES string of the molecule is Cc1ccc(-c2nnnn2CCCCCC(=O)O)cc1N. The van der Waals surface area contributed by atoms with Gasteiger partial charge in [0.15, 0.2) is 5.82 Å². The number of nitrogens with zero attached hydrogens (tertiary/aromatic N) is 4. The van der Waals surface area contributed by atoms with Crippen LogP contribution in [0.1, 0.15) is 31.2 Å². The maximum absolute atomic E-state index is 10.4. The predicted octanol–water partition coefficient (Wildman–Crippen LogP) is 1.88. The minimum absolute atomic E-state index is 0.205. The van der Waals surface area contributed by atoms with Crippen molar-refractivity contribution in [2.24, 2.45) is 0 Å². The van der Waals surface area contributed by atoms with E-state index in [4.69, 9.17) is 10.8 Å². The molecule has 1 heterocycles. The number of carbonyl (C=O) groups is 1. The number of hydrogen-bond donors (Lipinski definition) is 2. The van der Waals surface area contributed by atoms with Gasteiger partial charge < -0.3 is 10.8 Å². The Kier molecular flexibility index (Phi) is 4.86. The molecule has 0 aliphatic carbocycles. The molecule has 0 aliphatic heterocycles. The number of benzene rings is 1. The molecular weight excluding hydrogens is 270 g/mol. The van der Waals surface area contributed by atoms with Gasteiger partial charge in [0.05, 0.1) is 0 Å². The predicted molar refractivity (Wildman–Crippen MR) is 78.5 cm³/mol. The summed E-state index contributed by atoms with van der Waals surface area (Å²) in [5.74, 6) is -0.0758. The highest BCUT2D eigenvalue weighted by molar-refractivity contribution is 5.66. The summed E-state index contributed by atoms with van der Waals surface area (Å²) in [5.41, 5.74) is 8.53. The molecule has 0 fully saturated rings. The van der Waals surface area contributed by atoms with Crippen molar-refractivity contribution in [1.29, 1.82) is 0 Å². The number of carboxylic acid groups (broad SMARTS) is 1. The molecule has 0 aliphatic rings. The first-order valence-corrected chi connectivity index (χ1v) is 6.92. The van der Waals surface area contributed by atoms with Crippen molar-refractivity contribution in [1.82, 2.24) is 20.2 Å². The molecule has 0 saturated carbocycles. The van der Waals surface area contributed by atoms with Crippen molar-refractivity contribution in [3.63, 3.8) is 0 Å². The van der Waals surface area contributed by atoms with Gasteiger partial charge in [-0.3, -0.25) is 4.79 Å². The maximum atomic E-state index is 10.4. The van der Waals surface area contributed by atoms with E-state index in [0.29, 0.717) is 24.5 Å². The first kappa shape index (κ1) is 15.0. The third kappa shape index (κ3) is 4.01. The smallest absolute Gasteiger partial charge is 0.303 e. The molecule has 0 radical (unpaired) electrons. The Morgan fingerprint density at radius 3 is 2.86 bits per heavy atom. The summed E-state index contributed by atoms with van der Waals surface area (Å²) in [7, 11) is 0. The zero-order valence-corrected chi connectivity index (χ0v) is 12.0. The van der Waals surface area contributed by atoms with E-state index >= 15 is 0 Å². The van der Waals surface area contributed by atoms with E-state index in [2.05, 4.69) is 15.5 Å². The van der Waals surface area contributed by atoms with Crippen LogP contribution in [0.25, 0.3) is 11.4 Å². The molecule has 0 unspecified atom stereocenters. The third-order valence-electron chi connectivity index (χ3n) is 3.33.